The molecule has 2 aromatic carbocycles. The van der Waals surface area contributed by atoms with Crippen molar-refractivity contribution in [2.45, 2.75) is 19.8 Å². The van der Waals surface area contributed by atoms with Gasteiger partial charge in [-0.2, -0.15) is 11.8 Å². The number of para-hydroxylation sites is 2. The number of hydrogen-bond donors (Lipinski definition) is 1. The molecule has 0 unspecified atom stereocenters. The summed E-state index contributed by atoms with van der Waals surface area (Å²) in [5, 5.41) is 2.88. The summed E-state index contributed by atoms with van der Waals surface area (Å²) in [7, 11) is 1.59. The van der Waals surface area contributed by atoms with Gasteiger partial charge in [0.15, 0.2) is 0 Å². The van der Waals surface area contributed by atoms with Crippen molar-refractivity contribution in [3.8, 4) is 17.2 Å². The van der Waals surface area contributed by atoms with Gasteiger partial charge in [-0.15, -0.1) is 0 Å². The zero-order valence-electron chi connectivity index (χ0n) is 15.9. The quantitative estimate of drug-likeness (QED) is 0.537. The number of carbonyl (C=O) groups is 1. The Morgan fingerprint density at radius 1 is 0.963 bits per heavy atom. The maximum absolute atomic E-state index is 12.0. The molecule has 0 spiro atoms. The molecule has 0 saturated heterocycles. The zero-order valence-corrected chi connectivity index (χ0v) is 16.7. The Balaban J connectivity index is 1.58. The molecule has 0 radical (unpaired) electrons. The summed E-state index contributed by atoms with van der Waals surface area (Å²) in [6.45, 7) is 3.41. The lowest BCUT2D eigenvalue weighted by molar-refractivity contribution is -0.115. The maximum atomic E-state index is 12.0. The van der Waals surface area contributed by atoms with E-state index in [0.29, 0.717) is 24.5 Å². The smallest absolute Gasteiger partial charge is 0.225 e. The van der Waals surface area contributed by atoms with E-state index in [9.17, 15) is 4.79 Å². The fourth-order valence-corrected chi connectivity index (χ4v) is 3.03. The highest BCUT2D eigenvalue weighted by molar-refractivity contribution is 7.99. The minimum Gasteiger partial charge on any atom is -0.495 e. The van der Waals surface area contributed by atoms with Crippen molar-refractivity contribution in [3.05, 3.63) is 48.5 Å². The minimum atomic E-state index is -0.0180. The molecule has 27 heavy (non-hydrogen) atoms. The van der Waals surface area contributed by atoms with Gasteiger partial charge in [0.2, 0.25) is 5.91 Å². The van der Waals surface area contributed by atoms with Gasteiger partial charge in [0, 0.05) is 17.9 Å². The third-order valence-electron chi connectivity index (χ3n) is 3.65. The lowest BCUT2D eigenvalue weighted by Crippen LogP contribution is -2.13. The van der Waals surface area contributed by atoms with E-state index in [1.807, 2.05) is 48.5 Å². The molecule has 2 aromatic rings. The van der Waals surface area contributed by atoms with Crippen LogP contribution in [0.25, 0.3) is 0 Å². The van der Waals surface area contributed by atoms with Crippen LogP contribution in [-0.4, -0.2) is 37.7 Å². The van der Waals surface area contributed by atoms with Gasteiger partial charge in [-0.05, 0) is 42.8 Å². The van der Waals surface area contributed by atoms with Gasteiger partial charge in [0.05, 0.1) is 26.0 Å². The van der Waals surface area contributed by atoms with Crippen LogP contribution < -0.4 is 19.5 Å². The predicted octanol–water partition coefficient (Wildman–Crippen LogP) is 4.62. The van der Waals surface area contributed by atoms with Gasteiger partial charge in [-0.25, -0.2) is 0 Å². The molecule has 0 fully saturated rings. The van der Waals surface area contributed by atoms with Crippen LogP contribution in [0.1, 0.15) is 19.8 Å². The first-order chi connectivity index (χ1) is 13.2. The lowest BCUT2D eigenvalue weighted by atomic mass is 10.3. The molecule has 2 rings (SSSR count). The van der Waals surface area contributed by atoms with Crippen LogP contribution in [0.15, 0.2) is 48.5 Å². The van der Waals surface area contributed by atoms with Crippen LogP contribution in [0.4, 0.5) is 5.69 Å². The SMILES string of the molecule is CCCOc1ccc(OCCSCCC(=O)Nc2ccccc2OC)cc1. The summed E-state index contributed by atoms with van der Waals surface area (Å²) in [5.41, 5.74) is 0.699. The number of hydrogen-bond acceptors (Lipinski definition) is 5. The first-order valence-corrected chi connectivity index (χ1v) is 10.2. The van der Waals surface area contributed by atoms with Crippen molar-refractivity contribution in [3.63, 3.8) is 0 Å². The molecule has 6 heteroatoms. The highest BCUT2D eigenvalue weighted by atomic mass is 32.2. The molecule has 5 nitrogen and oxygen atoms in total. The largest absolute Gasteiger partial charge is 0.495 e. The molecule has 0 aliphatic heterocycles. The van der Waals surface area contributed by atoms with E-state index in [-0.39, 0.29) is 5.91 Å². The second kappa shape index (κ2) is 12.1. The Labute approximate surface area is 165 Å². The third-order valence-corrected chi connectivity index (χ3v) is 4.60. The van der Waals surface area contributed by atoms with E-state index in [0.717, 1.165) is 36.0 Å². The van der Waals surface area contributed by atoms with Gasteiger partial charge in [0.1, 0.15) is 17.2 Å². The third kappa shape index (κ3) is 7.83. The highest BCUT2D eigenvalue weighted by Gasteiger charge is 2.06. The van der Waals surface area contributed by atoms with Crippen LogP contribution in [0.3, 0.4) is 0 Å². The van der Waals surface area contributed by atoms with Gasteiger partial charge < -0.3 is 19.5 Å². The average molecular weight is 390 g/mol. The van der Waals surface area contributed by atoms with Crippen molar-refractivity contribution >= 4 is 23.4 Å². The van der Waals surface area contributed by atoms with E-state index in [1.54, 1.807) is 18.9 Å². The van der Waals surface area contributed by atoms with E-state index >= 15 is 0 Å². The summed E-state index contributed by atoms with van der Waals surface area (Å²) in [6, 6.07) is 15.1. The fraction of sp³-hybridized carbons (Fsp3) is 0.381. The van der Waals surface area contributed by atoms with E-state index in [1.165, 1.54) is 0 Å². The molecular formula is C21H27NO4S. The second-order valence-corrected chi connectivity index (χ2v) is 7.00. The van der Waals surface area contributed by atoms with Crippen molar-refractivity contribution in [2.75, 3.05) is 37.1 Å². The lowest BCUT2D eigenvalue weighted by Gasteiger charge is -2.10. The van der Waals surface area contributed by atoms with Gasteiger partial charge >= 0.3 is 0 Å². The summed E-state index contributed by atoms with van der Waals surface area (Å²) in [6.07, 6.45) is 1.44. The molecule has 0 aliphatic rings. The average Bonchev–Trinajstić information content (AvgIpc) is 2.70. The van der Waals surface area contributed by atoms with Crippen LogP contribution in [0.5, 0.6) is 17.2 Å². The molecule has 0 atom stereocenters. The van der Waals surface area contributed by atoms with Crippen molar-refractivity contribution in [1.29, 1.82) is 0 Å². The summed E-state index contributed by atoms with van der Waals surface area (Å²) >= 11 is 1.69. The number of nitrogens with one attached hydrogen (secondary N) is 1. The number of methoxy groups -OCH3 is 1. The van der Waals surface area contributed by atoms with E-state index < -0.39 is 0 Å². The minimum absolute atomic E-state index is 0.0180. The predicted molar refractivity (Wildman–Crippen MR) is 111 cm³/mol. The van der Waals surface area contributed by atoms with Crippen molar-refractivity contribution in [2.24, 2.45) is 0 Å². The number of thioether (sulfide) groups is 1. The topological polar surface area (TPSA) is 56.8 Å². The number of ether oxygens (including phenoxy) is 3. The van der Waals surface area contributed by atoms with E-state index in [4.69, 9.17) is 14.2 Å². The molecule has 146 valence electrons. The van der Waals surface area contributed by atoms with Crippen LogP contribution in [0, 0.1) is 0 Å². The van der Waals surface area contributed by atoms with Crippen LogP contribution in [-0.2, 0) is 4.79 Å². The Hall–Kier alpha value is -2.34. The standard InChI is InChI=1S/C21H27NO4S/c1-3-13-25-17-8-10-18(11-9-17)26-14-16-27-15-12-21(23)22-19-6-4-5-7-20(19)24-2/h4-11H,3,12-16H2,1-2H3,(H,22,23). The molecule has 0 aromatic heterocycles. The molecule has 0 aliphatic carbocycles. The van der Waals surface area contributed by atoms with Gasteiger partial charge in [-0.3, -0.25) is 4.79 Å². The van der Waals surface area contributed by atoms with Crippen molar-refractivity contribution in [1.82, 2.24) is 0 Å². The van der Waals surface area contributed by atoms with Crippen LogP contribution in [0.2, 0.25) is 0 Å². The number of carbonyl (C=O) groups excluding carboxylic acids is 1. The second-order valence-electron chi connectivity index (χ2n) is 5.78. The van der Waals surface area contributed by atoms with Gasteiger partial charge in [-0.1, -0.05) is 19.1 Å². The first-order valence-electron chi connectivity index (χ1n) is 9.09. The van der Waals surface area contributed by atoms with Crippen molar-refractivity contribution < 1.29 is 19.0 Å². The zero-order chi connectivity index (χ0) is 19.3. The number of anilines is 1. The fourth-order valence-electron chi connectivity index (χ4n) is 2.30. The molecule has 0 heterocycles. The Kier molecular flexibility index (Phi) is 9.41. The first kappa shape index (κ1) is 21.0. The molecule has 0 bridgehead atoms. The molecular weight excluding hydrogens is 362 g/mol. The molecule has 0 saturated carbocycles. The normalized spacial score (nSPS) is 10.3. The molecule has 1 N–H and O–H groups in total. The number of rotatable bonds is 12. The number of amides is 1. The Morgan fingerprint density at radius 2 is 1.63 bits per heavy atom. The maximum Gasteiger partial charge on any atom is 0.225 e. The Morgan fingerprint density at radius 3 is 2.30 bits per heavy atom. The Bertz CT molecular complexity index is 691. The summed E-state index contributed by atoms with van der Waals surface area (Å²) in [5.74, 6) is 3.91. The van der Waals surface area contributed by atoms with Crippen LogP contribution >= 0.6 is 11.8 Å². The molecule has 1 amide bonds. The summed E-state index contributed by atoms with van der Waals surface area (Å²) < 4.78 is 16.5. The summed E-state index contributed by atoms with van der Waals surface area (Å²) in [4.78, 5) is 12.0. The van der Waals surface area contributed by atoms with E-state index in [2.05, 4.69) is 12.2 Å². The van der Waals surface area contributed by atoms with Gasteiger partial charge in [0.25, 0.3) is 0 Å². The highest BCUT2D eigenvalue weighted by Crippen LogP contribution is 2.23. The monoisotopic (exact) mass is 389 g/mol. The number of benzene rings is 2.